The van der Waals surface area contributed by atoms with Crippen molar-refractivity contribution < 1.29 is 13.3 Å². The van der Waals surface area contributed by atoms with Gasteiger partial charge in [0.2, 0.25) is 10.0 Å². The van der Waals surface area contributed by atoms with Gasteiger partial charge in [-0.15, -0.1) is 11.3 Å². The first kappa shape index (κ1) is 18.5. The summed E-state index contributed by atoms with van der Waals surface area (Å²) < 4.78 is 23.3. The summed E-state index contributed by atoms with van der Waals surface area (Å²) in [6.45, 7) is 4.72. The molecule has 2 N–H and O–H groups in total. The Kier molecular flexibility index (Phi) is 5.12. The molecule has 1 aromatic carbocycles. The van der Waals surface area contributed by atoms with Crippen LogP contribution in [0.1, 0.15) is 12.1 Å². The maximum absolute atomic E-state index is 11.7. The van der Waals surface area contributed by atoms with Crippen LogP contribution in [0.3, 0.4) is 0 Å². The molecule has 0 radical (unpaired) electrons. The number of sulfonamides is 1. The minimum absolute atomic E-state index is 0.252. The topological polar surface area (TPSA) is 123 Å². The van der Waals surface area contributed by atoms with Gasteiger partial charge in [0, 0.05) is 49.4 Å². The molecule has 2 heterocycles. The van der Waals surface area contributed by atoms with Crippen molar-refractivity contribution in [2.24, 2.45) is 5.14 Å². The zero-order chi connectivity index (χ0) is 18.9. The molecule has 0 amide bonds. The lowest BCUT2D eigenvalue weighted by Crippen LogP contribution is -2.30. The summed E-state index contributed by atoms with van der Waals surface area (Å²) >= 11 is 1.59. The fourth-order valence-corrected chi connectivity index (χ4v) is 4.30. The summed E-state index contributed by atoms with van der Waals surface area (Å²) in [4.78, 5) is 18.9. The number of thiazole rings is 1. The molecule has 1 fully saturated rings. The number of nitrogens with zero attached hydrogens (tertiary/aromatic N) is 4. The molecule has 0 unspecified atom stereocenters. The van der Waals surface area contributed by atoms with Crippen molar-refractivity contribution >= 4 is 37.9 Å². The van der Waals surface area contributed by atoms with Gasteiger partial charge in [-0.2, -0.15) is 0 Å². The average molecular weight is 397 g/mol. The Morgan fingerprint density at radius 1 is 1.19 bits per heavy atom. The number of anilines is 2. The minimum atomic E-state index is -4.03. The van der Waals surface area contributed by atoms with Gasteiger partial charge in [0.1, 0.15) is 0 Å². The lowest BCUT2D eigenvalue weighted by atomic mass is 10.2. The van der Waals surface area contributed by atoms with Gasteiger partial charge >= 0.3 is 0 Å². The average Bonchev–Trinajstić information content (AvgIpc) is 2.86. The summed E-state index contributed by atoms with van der Waals surface area (Å²) in [6.07, 6.45) is 0.825. The molecule has 0 saturated carbocycles. The molecule has 0 spiro atoms. The Labute approximate surface area is 155 Å². The number of hydrogen-bond donors (Lipinski definition) is 1. The number of primary sulfonamides is 1. The van der Waals surface area contributed by atoms with Crippen LogP contribution in [0, 0.1) is 17.0 Å². The highest BCUT2D eigenvalue weighted by atomic mass is 32.2. The predicted molar refractivity (Wildman–Crippen MR) is 100 cm³/mol. The van der Waals surface area contributed by atoms with Crippen molar-refractivity contribution in [3.63, 3.8) is 0 Å². The van der Waals surface area contributed by atoms with Gasteiger partial charge in [0.15, 0.2) is 5.13 Å². The molecular weight excluding hydrogens is 378 g/mol. The van der Waals surface area contributed by atoms with E-state index in [-0.39, 0.29) is 10.6 Å². The number of benzene rings is 1. The van der Waals surface area contributed by atoms with E-state index in [0.29, 0.717) is 25.3 Å². The van der Waals surface area contributed by atoms with Gasteiger partial charge in [-0.1, -0.05) is 0 Å². The quantitative estimate of drug-likeness (QED) is 0.615. The van der Waals surface area contributed by atoms with Gasteiger partial charge in [-0.3, -0.25) is 10.1 Å². The van der Waals surface area contributed by atoms with Gasteiger partial charge in [0.25, 0.3) is 5.69 Å². The van der Waals surface area contributed by atoms with E-state index in [9.17, 15) is 18.5 Å². The van der Waals surface area contributed by atoms with Crippen LogP contribution in [0.25, 0.3) is 0 Å². The fourth-order valence-electron chi connectivity index (χ4n) is 2.87. The van der Waals surface area contributed by atoms with Crippen molar-refractivity contribution in [3.8, 4) is 0 Å². The molecule has 26 heavy (non-hydrogen) atoms. The summed E-state index contributed by atoms with van der Waals surface area (Å²) in [7, 11) is -4.03. The minimum Gasteiger partial charge on any atom is -0.369 e. The van der Waals surface area contributed by atoms with Crippen LogP contribution < -0.4 is 14.9 Å². The molecule has 0 aliphatic carbocycles. The number of nitro groups is 1. The first-order valence-electron chi connectivity index (χ1n) is 7.98. The number of hydrogen-bond acceptors (Lipinski definition) is 8. The number of rotatable bonds is 4. The molecule has 0 bridgehead atoms. The van der Waals surface area contributed by atoms with Crippen LogP contribution in [0.5, 0.6) is 0 Å². The zero-order valence-electron chi connectivity index (χ0n) is 14.2. The summed E-state index contributed by atoms with van der Waals surface area (Å²) in [5.74, 6) is 0. The highest BCUT2D eigenvalue weighted by Gasteiger charge is 2.22. The molecule has 140 valence electrons. The fraction of sp³-hybridized carbons (Fsp3) is 0.400. The van der Waals surface area contributed by atoms with Crippen molar-refractivity contribution in [1.29, 1.82) is 0 Å². The van der Waals surface area contributed by atoms with Crippen LogP contribution in [0.2, 0.25) is 0 Å². The molecular formula is C15H19N5O4S2. The van der Waals surface area contributed by atoms with Crippen LogP contribution in [0.15, 0.2) is 28.5 Å². The van der Waals surface area contributed by atoms with Crippen molar-refractivity contribution in [2.75, 3.05) is 36.0 Å². The van der Waals surface area contributed by atoms with Gasteiger partial charge in [0.05, 0.1) is 15.5 Å². The monoisotopic (exact) mass is 397 g/mol. The molecule has 2 aromatic rings. The maximum atomic E-state index is 11.7. The lowest BCUT2D eigenvalue weighted by Gasteiger charge is -2.23. The van der Waals surface area contributed by atoms with Crippen LogP contribution in [-0.2, 0) is 10.0 Å². The number of nitro benzene ring substituents is 1. The Bertz CT molecular complexity index is 928. The number of non-ortho nitro benzene ring substituents is 1. The standard InChI is InChI=1S/C15H19N5O4S2/c1-11-10-25-15(17-11)19-4-2-3-18(5-6-19)12-7-13(20(21)22)9-14(8-12)26(16,23)24/h7-10H,2-6H2,1H3,(H2,16,23,24). The first-order chi connectivity index (χ1) is 12.2. The normalized spacial score (nSPS) is 15.8. The number of aromatic nitrogens is 1. The van der Waals surface area contributed by atoms with E-state index in [0.717, 1.165) is 29.9 Å². The van der Waals surface area contributed by atoms with Gasteiger partial charge in [-0.05, 0) is 19.4 Å². The first-order valence-corrected chi connectivity index (χ1v) is 10.4. The highest BCUT2D eigenvalue weighted by Crippen LogP contribution is 2.28. The Morgan fingerprint density at radius 3 is 2.50 bits per heavy atom. The molecule has 1 aliphatic heterocycles. The Morgan fingerprint density at radius 2 is 1.88 bits per heavy atom. The van der Waals surface area contributed by atoms with Gasteiger partial charge < -0.3 is 9.80 Å². The lowest BCUT2D eigenvalue weighted by molar-refractivity contribution is -0.385. The van der Waals surface area contributed by atoms with Crippen molar-refractivity contribution in [1.82, 2.24) is 4.98 Å². The number of aryl methyl sites for hydroxylation is 1. The maximum Gasteiger partial charge on any atom is 0.272 e. The second kappa shape index (κ2) is 7.17. The molecule has 1 saturated heterocycles. The van der Waals surface area contributed by atoms with E-state index in [1.165, 1.54) is 12.1 Å². The third-order valence-electron chi connectivity index (χ3n) is 4.15. The molecule has 9 nitrogen and oxygen atoms in total. The third kappa shape index (κ3) is 4.11. The third-order valence-corrected chi connectivity index (χ3v) is 6.07. The molecule has 1 aliphatic rings. The molecule has 0 atom stereocenters. The Hall–Kier alpha value is -2.24. The predicted octanol–water partition coefficient (Wildman–Crippen LogP) is 1.72. The molecule has 11 heteroatoms. The zero-order valence-corrected chi connectivity index (χ0v) is 15.8. The second-order valence-electron chi connectivity index (χ2n) is 6.09. The van der Waals surface area contributed by atoms with E-state index in [2.05, 4.69) is 9.88 Å². The molecule has 3 rings (SSSR count). The summed E-state index contributed by atoms with van der Waals surface area (Å²) in [5, 5.41) is 19.3. The largest absolute Gasteiger partial charge is 0.369 e. The van der Waals surface area contributed by atoms with Crippen LogP contribution >= 0.6 is 11.3 Å². The van der Waals surface area contributed by atoms with E-state index >= 15 is 0 Å². The summed E-state index contributed by atoms with van der Waals surface area (Å²) in [5.41, 5.74) is 1.17. The van der Waals surface area contributed by atoms with Crippen LogP contribution in [0.4, 0.5) is 16.5 Å². The van der Waals surface area contributed by atoms with Crippen molar-refractivity contribution in [2.45, 2.75) is 18.2 Å². The molecule has 1 aromatic heterocycles. The summed E-state index contributed by atoms with van der Waals surface area (Å²) in [6, 6.07) is 3.77. The smallest absolute Gasteiger partial charge is 0.272 e. The van der Waals surface area contributed by atoms with Crippen molar-refractivity contribution in [3.05, 3.63) is 39.4 Å². The van der Waals surface area contributed by atoms with E-state index in [1.54, 1.807) is 11.3 Å². The highest BCUT2D eigenvalue weighted by molar-refractivity contribution is 7.89. The van der Waals surface area contributed by atoms with Gasteiger partial charge in [-0.25, -0.2) is 18.5 Å². The SMILES string of the molecule is Cc1csc(N2CCCN(c3cc([N+](=O)[O-])cc(S(N)(=O)=O)c3)CC2)n1. The van der Waals surface area contributed by atoms with E-state index < -0.39 is 14.9 Å². The van der Waals surface area contributed by atoms with E-state index in [4.69, 9.17) is 5.14 Å². The van der Waals surface area contributed by atoms with E-state index in [1.807, 2.05) is 17.2 Å². The second-order valence-corrected chi connectivity index (χ2v) is 8.48. The Balaban J connectivity index is 1.86. The number of nitrogens with two attached hydrogens (primary N) is 1. The van der Waals surface area contributed by atoms with Crippen LogP contribution in [-0.4, -0.2) is 44.5 Å².